The molecule has 5 atom stereocenters. The van der Waals surface area contributed by atoms with Gasteiger partial charge in [-0.25, -0.2) is 18.0 Å². The van der Waals surface area contributed by atoms with Crippen molar-refractivity contribution in [1.29, 1.82) is 0 Å². The van der Waals surface area contributed by atoms with E-state index in [1.54, 1.807) is 32.9 Å². The number of anilines is 1. The van der Waals surface area contributed by atoms with E-state index in [2.05, 4.69) is 30.9 Å². The number of nitrogens with one attached hydrogen (secondary N) is 1. The number of alkyl carbamates (subject to hydrolysis) is 1. The van der Waals surface area contributed by atoms with Gasteiger partial charge in [-0.15, -0.1) is 6.42 Å². The zero-order chi connectivity index (χ0) is 39.5. The molecule has 4 aliphatic rings. The van der Waals surface area contributed by atoms with E-state index in [9.17, 15) is 23.8 Å². The van der Waals surface area contributed by atoms with Crippen molar-refractivity contribution in [3.63, 3.8) is 0 Å². The average Bonchev–Trinajstić information content (AvgIpc) is 3.74. The van der Waals surface area contributed by atoms with Gasteiger partial charge in [0.05, 0.1) is 17.2 Å². The monoisotopic (exact) mass is 772 g/mol. The van der Waals surface area contributed by atoms with E-state index in [1.165, 1.54) is 24.3 Å². The van der Waals surface area contributed by atoms with Crippen LogP contribution in [0, 0.1) is 24.0 Å². The molecule has 3 unspecified atom stereocenters. The van der Waals surface area contributed by atoms with Gasteiger partial charge in [-0.2, -0.15) is 9.97 Å². The number of phenolic OH excluding ortho intramolecular Hbond substituents is 1. The predicted octanol–water partition coefficient (Wildman–Crippen LogP) is 5.91. The number of alkyl halides is 1. The third kappa shape index (κ3) is 7.16. The third-order valence-electron chi connectivity index (χ3n) is 11.7. The van der Waals surface area contributed by atoms with Gasteiger partial charge in [-0.3, -0.25) is 9.80 Å². The number of aromatic hydroxyl groups is 1. The Morgan fingerprint density at radius 3 is 2.61 bits per heavy atom. The molecule has 4 fully saturated rings. The number of aliphatic hydroxyl groups is 1. The van der Waals surface area contributed by atoms with E-state index < -0.39 is 41.1 Å². The molecule has 56 heavy (non-hydrogen) atoms. The van der Waals surface area contributed by atoms with Gasteiger partial charge in [0, 0.05) is 67.6 Å². The highest BCUT2D eigenvalue weighted by Crippen LogP contribution is 2.43. The first-order chi connectivity index (χ1) is 26.7. The Labute approximate surface area is 323 Å². The van der Waals surface area contributed by atoms with Gasteiger partial charge in [0.15, 0.2) is 5.82 Å². The molecule has 14 heteroatoms. The van der Waals surface area contributed by atoms with Crippen LogP contribution in [0.2, 0.25) is 0 Å². The van der Waals surface area contributed by atoms with Crippen molar-refractivity contribution in [1.82, 2.24) is 25.1 Å². The van der Waals surface area contributed by atoms with Gasteiger partial charge in [-0.05, 0) is 88.2 Å². The number of aliphatic hydroxyl groups excluding tert-OH is 1. The molecule has 2 bridgehead atoms. The van der Waals surface area contributed by atoms with E-state index >= 15 is 4.39 Å². The Kier molecular flexibility index (Phi) is 9.91. The summed E-state index contributed by atoms with van der Waals surface area (Å²) in [6.07, 6.45) is 7.16. The summed E-state index contributed by atoms with van der Waals surface area (Å²) in [5.41, 5.74) is -0.941. The number of ether oxygens (including phenoxy) is 2. The van der Waals surface area contributed by atoms with Crippen molar-refractivity contribution in [3.8, 4) is 35.2 Å². The minimum Gasteiger partial charge on any atom is -0.508 e. The molecule has 11 nitrogen and oxygen atoms in total. The summed E-state index contributed by atoms with van der Waals surface area (Å²) in [4.78, 5) is 28.2. The summed E-state index contributed by atoms with van der Waals surface area (Å²) in [6.45, 7) is 8.05. The van der Waals surface area contributed by atoms with Gasteiger partial charge >= 0.3 is 12.1 Å². The molecule has 1 aromatic heterocycles. The fourth-order valence-corrected chi connectivity index (χ4v) is 9.35. The number of fused-ring (bicyclic) bond motifs is 5. The van der Waals surface area contributed by atoms with Gasteiger partial charge < -0.3 is 29.9 Å². The molecule has 4 aromatic rings. The molecule has 3 aromatic carbocycles. The Morgan fingerprint density at radius 2 is 1.88 bits per heavy atom. The normalized spacial score (nSPS) is 24.4. The van der Waals surface area contributed by atoms with Crippen molar-refractivity contribution >= 4 is 33.6 Å². The molecule has 0 aliphatic carbocycles. The summed E-state index contributed by atoms with van der Waals surface area (Å²) < 4.78 is 58.4. The van der Waals surface area contributed by atoms with Crippen LogP contribution in [0.1, 0.15) is 58.4 Å². The number of piperazine rings is 1. The summed E-state index contributed by atoms with van der Waals surface area (Å²) in [6, 6.07) is 8.86. The lowest BCUT2D eigenvalue weighted by atomic mass is 9.93. The molecule has 8 rings (SSSR count). The first kappa shape index (κ1) is 38.1. The predicted molar refractivity (Wildman–Crippen MR) is 207 cm³/mol. The van der Waals surface area contributed by atoms with Crippen LogP contribution in [0.25, 0.3) is 32.8 Å². The van der Waals surface area contributed by atoms with E-state index in [0.717, 1.165) is 32.2 Å². The number of rotatable bonds is 9. The van der Waals surface area contributed by atoms with Crippen LogP contribution < -0.4 is 15.0 Å². The number of phenols is 1. The van der Waals surface area contributed by atoms with Crippen molar-refractivity contribution < 1.29 is 37.7 Å². The lowest BCUT2D eigenvalue weighted by Crippen LogP contribution is -2.56. The van der Waals surface area contributed by atoms with Crippen LogP contribution in [-0.2, 0) is 4.74 Å². The number of carbonyl (C=O) groups excluding carboxylic acids is 1. The molecule has 5 heterocycles. The quantitative estimate of drug-likeness (QED) is 0.177. The van der Waals surface area contributed by atoms with Crippen molar-refractivity contribution in [3.05, 3.63) is 53.6 Å². The molecule has 0 radical (unpaired) electrons. The highest BCUT2D eigenvalue weighted by Gasteiger charge is 2.49. The summed E-state index contributed by atoms with van der Waals surface area (Å²) in [5, 5.41) is 25.4. The van der Waals surface area contributed by atoms with Gasteiger partial charge in [0.1, 0.15) is 41.3 Å². The maximum Gasteiger partial charge on any atom is 0.407 e. The number of halogens is 3. The number of carbonyl (C=O) groups is 1. The maximum atomic E-state index is 17.2. The van der Waals surface area contributed by atoms with Gasteiger partial charge in [0.2, 0.25) is 0 Å². The fourth-order valence-electron chi connectivity index (χ4n) is 9.35. The molecule has 4 saturated heterocycles. The smallest absolute Gasteiger partial charge is 0.407 e. The number of hydrogen-bond donors (Lipinski definition) is 3. The summed E-state index contributed by atoms with van der Waals surface area (Å²) in [7, 11) is 0. The summed E-state index contributed by atoms with van der Waals surface area (Å²) in [5.74, 6) is 1.37. The van der Waals surface area contributed by atoms with Crippen molar-refractivity contribution in [2.75, 3.05) is 50.8 Å². The lowest BCUT2D eigenvalue weighted by molar-refractivity contribution is 0.0433. The minimum absolute atomic E-state index is 0.0216. The first-order valence-corrected chi connectivity index (χ1v) is 19.3. The number of amides is 1. The standard InChI is InChI=1S/C42H47F3N6O5/c1-5-30-34(44)12-7-24-15-28(52)16-33(35(24)30)31-10-11-32-37(36(31)45)47-39(55-23-42-13-6-14-50(42)19-25(43)17-42)48-38(32)49-20-26-8-9-27(21-49)51(26)22-29(53)18-46-40(54)56-41(2,3)4/h1,7,10-12,15-16,25-27,29,52-53H,6,8-9,13-14,17-23H2,2-4H3,(H,46,54)/t25-,26?,27?,29+,42?/m1/s1. The third-order valence-corrected chi connectivity index (χ3v) is 11.7. The molecule has 296 valence electrons. The largest absolute Gasteiger partial charge is 0.508 e. The Bertz CT molecular complexity index is 2210. The van der Waals surface area contributed by atoms with Crippen molar-refractivity contribution in [2.24, 2.45) is 0 Å². The number of aromatic nitrogens is 2. The average molecular weight is 773 g/mol. The number of hydrogen-bond acceptors (Lipinski definition) is 10. The second-order valence-corrected chi connectivity index (χ2v) is 16.7. The van der Waals surface area contributed by atoms with E-state index in [-0.39, 0.29) is 64.6 Å². The van der Waals surface area contributed by atoms with Crippen LogP contribution >= 0.6 is 0 Å². The lowest BCUT2D eigenvalue weighted by Gasteiger charge is -2.42. The maximum absolute atomic E-state index is 17.2. The SMILES string of the molecule is C#Cc1c(F)ccc2cc(O)cc(-c3ccc4c(N5CC6CCC(C5)N6C[C@@H](O)CNC(=O)OC(C)(C)C)nc(OCC56CCCN5C[C@H](F)C6)nc4c3F)c12. The van der Waals surface area contributed by atoms with Crippen molar-refractivity contribution in [2.45, 2.75) is 88.4 Å². The number of terminal acetylenes is 1. The molecule has 3 N–H and O–H groups in total. The highest BCUT2D eigenvalue weighted by atomic mass is 19.1. The Morgan fingerprint density at radius 1 is 1.11 bits per heavy atom. The molecule has 4 aliphatic heterocycles. The number of benzene rings is 3. The fraction of sp³-hybridized carbons (Fsp3) is 0.500. The van der Waals surface area contributed by atoms with Crippen LogP contribution in [0.15, 0.2) is 36.4 Å². The highest BCUT2D eigenvalue weighted by molar-refractivity contribution is 6.04. The molecular formula is C42H47F3N6O5. The second kappa shape index (κ2) is 14.6. The van der Waals surface area contributed by atoms with E-state index in [0.29, 0.717) is 49.2 Å². The van der Waals surface area contributed by atoms with Gasteiger partial charge in [0.25, 0.3) is 0 Å². The Hall–Kier alpha value is -4.84. The molecule has 1 amide bonds. The Balaban J connectivity index is 1.13. The van der Waals surface area contributed by atoms with E-state index in [1.807, 2.05) is 0 Å². The van der Waals surface area contributed by atoms with Crippen LogP contribution in [-0.4, -0.2) is 117 Å². The molecule has 0 saturated carbocycles. The summed E-state index contributed by atoms with van der Waals surface area (Å²) >= 11 is 0. The van der Waals surface area contributed by atoms with Crippen LogP contribution in [0.5, 0.6) is 11.8 Å². The second-order valence-electron chi connectivity index (χ2n) is 16.7. The zero-order valence-corrected chi connectivity index (χ0v) is 31.8. The topological polar surface area (TPSA) is 124 Å². The van der Waals surface area contributed by atoms with Crippen LogP contribution in [0.3, 0.4) is 0 Å². The number of nitrogens with zero attached hydrogens (tertiary/aromatic N) is 5. The van der Waals surface area contributed by atoms with Gasteiger partial charge in [-0.1, -0.05) is 18.1 Å². The minimum atomic E-state index is -0.958. The molecule has 0 spiro atoms. The zero-order valence-electron chi connectivity index (χ0n) is 31.8. The van der Waals surface area contributed by atoms with E-state index in [4.69, 9.17) is 20.9 Å². The van der Waals surface area contributed by atoms with Crippen LogP contribution in [0.4, 0.5) is 23.8 Å². The molecular weight excluding hydrogens is 725 g/mol. The first-order valence-electron chi connectivity index (χ1n) is 19.3.